The molecule has 0 amide bonds. The lowest BCUT2D eigenvalue weighted by atomic mass is 9.96. The lowest BCUT2D eigenvalue weighted by molar-refractivity contribution is -0.150. The molecule has 2 unspecified atom stereocenters. The minimum absolute atomic E-state index is 0.296. The molecule has 1 aliphatic heterocycles. The van der Waals surface area contributed by atoms with Crippen molar-refractivity contribution in [3.8, 4) is 0 Å². The molecule has 3 heteroatoms. The van der Waals surface area contributed by atoms with Crippen molar-refractivity contribution >= 4 is 5.97 Å². The number of carboxylic acid groups (broad SMARTS) is 1. The number of benzene rings is 1. The van der Waals surface area contributed by atoms with Crippen LogP contribution in [0.15, 0.2) is 24.3 Å². The van der Waals surface area contributed by atoms with Crippen molar-refractivity contribution in [3.63, 3.8) is 0 Å². The van der Waals surface area contributed by atoms with Crippen LogP contribution in [0.25, 0.3) is 0 Å². The first kappa shape index (κ1) is 11.7. The number of likely N-dealkylation sites (tertiary alicyclic amines) is 1. The summed E-state index contributed by atoms with van der Waals surface area (Å²) in [6.45, 7) is 2.78. The number of carboxylic acids is 1. The molecule has 1 fully saturated rings. The van der Waals surface area contributed by atoms with E-state index in [0.717, 1.165) is 32.2 Å². The van der Waals surface area contributed by atoms with Crippen LogP contribution in [-0.4, -0.2) is 28.1 Å². The van der Waals surface area contributed by atoms with E-state index in [0.29, 0.717) is 6.04 Å². The highest BCUT2D eigenvalue weighted by Crippen LogP contribution is 2.43. The number of carbonyl (C=O) groups is 1. The second kappa shape index (κ2) is 4.09. The Hall–Kier alpha value is -1.35. The van der Waals surface area contributed by atoms with Crippen LogP contribution >= 0.6 is 0 Å². The third-order valence-electron chi connectivity index (χ3n) is 4.63. The molecule has 0 radical (unpaired) electrons. The van der Waals surface area contributed by atoms with Crippen LogP contribution in [0, 0.1) is 0 Å². The van der Waals surface area contributed by atoms with Crippen molar-refractivity contribution in [1.29, 1.82) is 0 Å². The summed E-state index contributed by atoms with van der Waals surface area (Å²) in [5, 5.41) is 9.51. The summed E-state index contributed by atoms with van der Waals surface area (Å²) in [5.74, 6) is -0.676. The van der Waals surface area contributed by atoms with Crippen molar-refractivity contribution in [2.24, 2.45) is 0 Å². The molecule has 3 rings (SSSR count). The van der Waals surface area contributed by atoms with Crippen LogP contribution < -0.4 is 0 Å². The largest absolute Gasteiger partial charge is 0.480 e. The number of hydrogen-bond acceptors (Lipinski definition) is 2. The predicted octanol–water partition coefficient (Wildman–Crippen LogP) is 2.61. The normalized spacial score (nSPS) is 31.5. The molecule has 0 aromatic heterocycles. The summed E-state index contributed by atoms with van der Waals surface area (Å²) in [6.07, 6.45) is 3.89. The number of rotatable bonds is 2. The van der Waals surface area contributed by atoms with Crippen LogP contribution in [-0.2, 0) is 11.2 Å². The summed E-state index contributed by atoms with van der Waals surface area (Å²) >= 11 is 0. The first-order valence-corrected chi connectivity index (χ1v) is 6.71. The molecular formula is C15H19NO2. The number of aliphatic carboxylic acids is 1. The van der Waals surface area contributed by atoms with Crippen molar-refractivity contribution in [2.45, 2.75) is 44.2 Å². The van der Waals surface area contributed by atoms with E-state index in [4.69, 9.17) is 0 Å². The van der Waals surface area contributed by atoms with E-state index in [9.17, 15) is 9.90 Å². The Morgan fingerprint density at radius 2 is 2.22 bits per heavy atom. The molecule has 0 spiro atoms. The van der Waals surface area contributed by atoms with Gasteiger partial charge in [-0.2, -0.15) is 0 Å². The van der Waals surface area contributed by atoms with Gasteiger partial charge in [-0.25, -0.2) is 0 Å². The predicted molar refractivity (Wildman–Crippen MR) is 69.5 cm³/mol. The number of nitrogens with zero attached hydrogens (tertiary/aromatic N) is 1. The van der Waals surface area contributed by atoms with Gasteiger partial charge in [0.15, 0.2) is 0 Å². The SMILES string of the molecule is CC1(C(=O)O)CCCN1C1CCc2ccccc21. The van der Waals surface area contributed by atoms with Crippen molar-refractivity contribution < 1.29 is 9.90 Å². The second-order valence-corrected chi connectivity index (χ2v) is 5.63. The number of aryl methyl sites for hydroxylation is 1. The van der Waals surface area contributed by atoms with Gasteiger partial charge in [-0.3, -0.25) is 9.69 Å². The molecule has 0 saturated carbocycles. The first-order chi connectivity index (χ1) is 8.63. The quantitative estimate of drug-likeness (QED) is 0.870. The monoisotopic (exact) mass is 245 g/mol. The van der Waals surface area contributed by atoms with Gasteiger partial charge in [-0.15, -0.1) is 0 Å². The second-order valence-electron chi connectivity index (χ2n) is 5.63. The Morgan fingerprint density at radius 1 is 1.44 bits per heavy atom. The molecule has 0 bridgehead atoms. The molecule has 2 atom stereocenters. The van der Waals surface area contributed by atoms with E-state index in [1.165, 1.54) is 11.1 Å². The number of hydrogen-bond donors (Lipinski definition) is 1. The van der Waals surface area contributed by atoms with Crippen LogP contribution in [0.5, 0.6) is 0 Å². The molecule has 1 saturated heterocycles. The Morgan fingerprint density at radius 3 is 3.00 bits per heavy atom. The summed E-state index contributed by atoms with van der Waals surface area (Å²) in [7, 11) is 0. The third-order valence-corrected chi connectivity index (χ3v) is 4.63. The van der Waals surface area contributed by atoms with Crippen LogP contribution in [0.4, 0.5) is 0 Å². The fraction of sp³-hybridized carbons (Fsp3) is 0.533. The van der Waals surface area contributed by atoms with E-state index < -0.39 is 11.5 Å². The highest BCUT2D eigenvalue weighted by Gasteiger charge is 2.47. The van der Waals surface area contributed by atoms with E-state index in [-0.39, 0.29) is 0 Å². The van der Waals surface area contributed by atoms with Crippen LogP contribution in [0.3, 0.4) is 0 Å². The zero-order valence-electron chi connectivity index (χ0n) is 10.7. The van der Waals surface area contributed by atoms with E-state index >= 15 is 0 Å². The lowest BCUT2D eigenvalue weighted by Gasteiger charge is -2.36. The zero-order valence-corrected chi connectivity index (χ0v) is 10.7. The van der Waals surface area contributed by atoms with Gasteiger partial charge in [0.2, 0.25) is 0 Å². The minimum Gasteiger partial charge on any atom is -0.480 e. The van der Waals surface area contributed by atoms with Crippen molar-refractivity contribution in [2.75, 3.05) is 6.54 Å². The zero-order chi connectivity index (χ0) is 12.8. The van der Waals surface area contributed by atoms with Gasteiger partial charge in [-0.1, -0.05) is 24.3 Å². The molecule has 96 valence electrons. The van der Waals surface area contributed by atoms with Gasteiger partial charge < -0.3 is 5.11 Å². The average Bonchev–Trinajstić information content (AvgIpc) is 2.93. The van der Waals surface area contributed by atoms with Crippen LogP contribution in [0.1, 0.15) is 43.4 Å². The van der Waals surface area contributed by atoms with Crippen LogP contribution in [0.2, 0.25) is 0 Å². The van der Waals surface area contributed by atoms with Gasteiger partial charge in [0.25, 0.3) is 0 Å². The molecule has 2 aliphatic rings. The highest BCUT2D eigenvalue weighted by atomic mass is 16.4. The Kier molecular flexibility index (Phi) is 2.67. The summed E-state index contributed by atoms with van der Waals surface area (Å²) in [6, 6.07) is 8.76. The maximum Gasteiger partial charge on any atom is 0.323 e. The molecule has 18 heavy (non-hydrogen) atoms. The molecule has 1 heterocycles. The van der Waals surface area contributed by atoms with Crippen molar-refractivity contribution in [3.05, 3.63) is 35.4 Å². The fourth-order valence-corrected chi connectivity index (χ4v) is 3.57. The van der Waals surface area contributed by atoms with Crippen molar-refractivity contribution in [1.82, 2.24) is 4.90 Å². The van der Waals surface area contributed by atoms with Gasteiger partial charge in [0, 0.05) is 6.04 Å². The molecule has 3 nitrogen and oxygen atoms in total. The fourth-order valence-electron chi connectivity index (χ4n) is 3.57. The summed E-state index contributed by atoms with van der Waals surface area (Å²) < 4.78 is 0. The Bertz CT molecular complexity index is 485. The average molecular weight is 245 g/mol. The number of fused-ring (bicyclic) bond motifs is 1. The maximum atomic E-state index is 11.6. The Labute approximate surface area is 107 Å². The van der Waals surface area contributed by atoms with Gasteiger partial charge >= 0.3 is 5.97 Å². The standard InChI is InChI=1S/C15H19NO2/c1-15(14(17)18)9-4-10-16(15)13-8-7-11-5-2-3-6-12(11)13/h2-3,5-6,13H,4,7-10H2,1H3,(H,17,18). The smallest absolute Gasteiger partial charge is 0.323 e. The van der Waals surface area contributed by atoms with E-state index in [1.807, 2.05) is 6.92 Å². The summed E-state index contributed by atoms with van der Waals surface area (Å²) in [5.41, 5.74) is 2.05. The molecule has 1 aromatic carbocycles. The molecule has 1 aromatic rings. The van der Waals surface area contributed by atoms with E-state index in [1.54, 1.807) is 0 Å². The van der Waals surface area contributed by atoms with Gasteiger partial charge in [0.05, 0.1) is 0 Å². The van der Waals surface area contributed by atoms with E-state index in [2.05, 4.69) is 29.2 Å². The Balaban J connectivity index is 1.95. The lowest BCUT2D eigenvalue weighted by Crippen LogP contribution is -2.49. The maximum absolute atomic E-state index is 11.6. The highest BCUT2D eigenvalue weighted by molar-refractivity contribution is 5.78. The first-order valence-electron chi connectivity index (χ1n) is 6.71. The van der Waals surface area contributed by atoms with Gasteiger partial charge in [-0.05, 0) is 50.3 Å². The molecular weight excluding hydrogens is 226 g/mol. The van der Waals surface area contributed by atoms with Gasteiger partial charge in [0.1, 0.15) is 5.54 Å². The summed E-state index contributed by atoms with van der Waals surface area (Å²) in [4.78, 5) is 13.8. The topological polar surface area (TPSA) is 40.5 Å². The third kappa shape index (κ3) is 1.57. The molecule has 1 N–H and O–H groups in total. The molecule has 1 aliphatic carbocycles. The minimum atomic E-state index is -0.678.